The Morgan fingerprint density at radius 3 is 2.45 bits per heavy atom. The van der Waals surface area contributed by atoms with Crippen LogP contribution in [0.3, 0.4) is 0 Å². The number of carbonyl (C=O) groups is 3. The van der Waals surface area contributed by atoms with Crippen LogP contribution in [0.25, 0.3) is 0 Å². The molecule has 118 valence electrons. The Balaban J connectivity index is 2.12. The van der Waals surface area contributed by atoms with Gasteiger partial charge in [-0.3, -0.25) is 14.4 Å². The molecule has 2 amide bonds. The molecule has 0 unspecified atom stereocenters. The Morgan fingerprint density at radius 1 is 1.27 bits per heavy atom. The summed E-state index contributed by atoms with van der Waals surface area (Å²) >= 11 is 0. The molecule has 1 saturated carbocycles. The van der Waals surface area contributed by atoms with Crippen molar-refractivity contribution in [1.82, 2.24) is 5.32 Å². The van der Waals surface area contributed by atoms with E-state index in [1.807, 2.05) is 0 Å². The number of carbonyl (C=O) groups excluding carboxylic acids is 2. The number of hydrogen-bond acceptors (Lipinski definition) is 3. The lowest BCUT2D eigenvalue weighted by Gasteiger charge is -2.36. The van der Waals surface area contributed by atoms with Crippen LogP contribution in [0.5, 0.6) is 0 Å². The number of rotatable bonds is 5. The first-order valence-corrected chi connectivity index (χ1v) is 7.24. The van der Waals surface area contributed by atoms with E-state index in [1.165, 1.54) is 0 Å². The summed E-state index contributed by atoms with van der Waals surface area (Å²) in [6, 6.07) is 5.06. The first kappa shape index (κ1) is 16.0. The number of carboxylic acids is 1. The summed E-state index contributed by atoms with van der Waals surface area (Å²) in [7, 11) is 1.54. The summed E-state index contributed by atoms with van der Waals surface area (Å²) in [6.45, 7) is 1.75. The zero-order valence-corrected chi connectivity index (χ0v) is 12.7. The van der Waals surface area contributed by atoms with E-state index in [0.29, 0.717) is 29.7 Å². The lowest BCUT2D eigenvalue weighted by atomic mass is 9.66. The van der Waals surface area contributed by atoms with Crippen molar-refractivity contribution in [2.45, 2.75) is 32.6 Å². The standard InChI is InChI=1S/C16H20N2O4/c1-10-11(14(20)17-2)5-3-6-12(10)18-13(19)9-16(15(21)22)7-4-8-16/h3,5-6H,4,7-9H2,1-2H3,(H,17,20)(H,18,19)(H,21,22). The molecule has 6 nitrogen and oxygen atoms in total. The minimum absolute atomic E-state index is 0.0357. The Hall–Kier alpha value is -2.37. The van der Waals surface area contributed by atoms with Crippen molar-refractivity contribution in [3.8, 4) is 0 Å². The topological polar surface area (TPSA) is 95.5 Å². The number of carboxylic acid groups (broad SMARTS) is 1. The highest BCUT2D eigenvalue weighted by Crippen LogP contribution is 2.44. The summed E-state index contributed by atoms with van der Waals surface area (Å²) in [5.41, 5.74) is 0.757. The average Bonchev–Trinajstić information content (AvgIpc) is 2.44. The molecule has 1 aliphatic carbocycles. The third kappa shape index (κ3) is 2.95. The molecule has 0 heterocycles. The number of hydrogen-bond donors (Lipinski definition) is 3. The molecule has 0 aliphatic heterocycles. The molecule has 1 aromatic carbocycles. The van der Waals surface area contributed by atoms with Gasteiger partial charge in [0.25, 0.3) is 5.91 Å². The van der Waals surface area contributed by atoms with Crippen LogP contribution in [0.15, 0.2) is 18.2 Å². The second-order valence-electron chi connectivity index (χ2n) is 5.72. The van der Waals surface area contributed by atoms with Crippen molar-refractivity contribution in [2.24, 2.45) is 5.41 Å². The fourth-order valence-electron chi connectivity index (χ4n) is 2.72. The third-order valence-corrected chi connectivity index (χ3v) is 4.34. The van der Waals surface area contributed by atoms with Gasteiger partial charge in [-0.25, -0.2) is 0 Å². The third-order valence-electron chi connectivity index (χ3n) is 4.34. The van der Waals surface area contributed by atoms with Crippen molar-refractivity contribution < 1.29 is 19.5 Å². The Labute approximate surface area is 128 Å². The zero-order valence-electron chi connectivity index (χ0n) is 12.7. The summed E-state index contributed by atoms with van der Waals surface area (Å²) in [6.07, 6.45) is 1.87. The molecule has 0 bridgehead atoms. The molecule has 0 aromatic heterocycles. The van der Waals surface area contributed by atoms with E-state index in [9.17, 15) is 19.5 Å². The summed E-state index contributed by atoms with van der Waals surface area (Å²) in [5, 5.41) is 14.5. The van der Waals surface area contributed by atoms with E-state index in [-0.39, 0.29) is 18.2 Å². The van der Waals surface area contributed by atoms with Crippen LogP contribution in [0, 0.1) is 12.3 Å². The van der Waals surface area contributed by atoms with Gasteiger partial charge < -0.3 is 15.7 Å². The first-order chi connectivity index (χ1) is 10.4. The minimum Gasteiger partial charge on any atom is -0.481 e. The van der Waals surface area contributed by atoms with E-state index in [1.54, 1.807) is 32.2 Å². The van der Waals surface area contributed by atoms with Gasteiger partial charge in [-0.15, -0.1) is 0 Å². The maximum Gasteiger partial charge on any atom is 0.310 e. The SMILES string of the molecule is CNC(=O)c1cccc(NC(=O)CC2(C(=O)O)CCC2)c1C. The van der Waals surface area contributed by atoms with Gasteiger partial charge in [0, 0.05) is 24.7 Å². The Kier molecular flexibility index (Phi) is 4.49. The Morgan fingerprint density at radius 2 is 1.95 bits per heavy atom. The van der Waals surface area contributed by atoms with Crippen molar-refractivity contribution in [2.75, 3.05) is 12.4 Å². The predicted octanol–water partition coefficient (Wildman–Crippen LogP) is 1.94. The zero-order chi connectivity index (χ0) is 16.3. The number of aliphatic carboxylic acids is 1. The lowest BCUT2D eigenvalue weighted by Crippen LogP contribution is -2.41. The van der Waals surface area contributed by atoms with Gasteiger partial charge in [0.1, 0.15) is 0 Å². The van der Waals surface area contributed by atoms with Crippen LogP contribution in [0.1, 0.15) is 41.6 Å². The molecule has 1 fully saturated rings. The molecule has 6 heteroatoms. The number of amides is 2. The molecule has 0 spiro atoms. The molecular formula is C16H20N2O4. The smallest absolute Gasteiger partial charge is 0.310 e. The average molecular weight is 304 g/mol. The molecule has 2 rings (SSSR count). The van der Waals surface area contributed by atoms with Crippen LogP contribution in [0.2, 0.25) is 0 Å². The maximum atomic E-state index is 12.2. The largest absolute Gasteiger partial charge is 0.481 e. The van der Waals surface area contributed by atoms with Crippen molar-refractivity contribution in [3.63, 3.8) is 0 Å². The van der Waals surface area contributed by atoms with Gasteiger partial charge in [-0.1, -0.05) is 12.5 Å². The van der Waals surface area contributed by atoms with Gasteiger partial charge >= 0.3 is 5.97 Å². The van der Waals surface area contributed by atoms with E-state index in [0.717, 1.165) is 6.42 Å². The molecule has 0 radical (unpaired) electrons. The molecule has 3 N–H and O–H groups in total. The summed E-state index contributed by atoms with van der Waals surface area (Å²) < 4.78 is 0. The summed E-state index contributed by atoms with van der Waals surface area (Å²) in [5.74, 6) is -1.47. The second-order valence-corrected chi connectivity index (χ2v) is 5.72. The maximum absolute atomic E-state index is 12.2. The van der Waals surface area contributed by atoms with Gasteiger partial charge in [0.15, 0.2) is 0 Å². The molecule has 0 saturated heterocycles. The van der Waals surface area contributed by atoms with Crippen LogP contribution in [0.4, 0.5) is 5.69 Å². The van der Waals surface area contributed by atoms with Crippen LogP contribution >= 0.6 is 0 Å². The van der Waals surface area contributed by atoms with Gasteiger partial charge in [0.05, 0.1) is 5.41 Å². The predicted molar refractivity (Wildman–Crippen MR) is 81.7 cm³/mol. The lowest BCUT2D eigenvalue weighted by molar-refractivity contribution is -0.157. The molecular weight excluding hydrogens is 284 g/mol. The van der Waals surface area contributed by atoms with Gasteiger partial charge in [-0.2, -0.15) is 0 Å². The highest BCUT2D eigenvalue weighted by atomic mass is 16.4. The Bertz CT molecular complexity index is 621. The molecule has 22 heavy (non-hydrogen) atoms. The van der Waals surface area contributed by atoms with Crippen LogP contribution in [-0.2, 0) is 9.59 Å². The highest BCUT2D eigenvalue weighted by molar-refractivity contribution is 6.00. The fourth-order valence-corrected chi connectivity index (χ4v) is 2.72. The normalized spacial score (nSPS) is 15.5. The monoisotopic (exact) mass is 304 g/mol. The van der Waals surface area contributed by atoms with Crippen molar-refractivity contribution in [3.05, 3.63) is 29.3 Å². The van der Waals surface area contributed by atoms with Crippen LogP contribution in [-0.4, -0.2) is 29.9 Å². The number of nitrogens with one attached hydrogen (secondary N) is 2. The van der Waals surface area contributed by atoms with E-state index >= 15 is 0 Å². The molecule has 0 atom stereocenters. The number of anilines is 1. The quantitative estimate of drug-likeness (QED) is 0.774. The van der Waals surface area contributed by atoms with E-state index < -0.39 is 11.4 Å². The van der Waals surface area contributed by atoms with Gasteiger partial charge in [-0.05, 0) is 37.5 Å². The highest BCUT2D eigenvalue weighted by Gasteiger charge is 2.45. The molecule has 1 aromatic rings. The first-order valence-electron chi connectivity index (χ1n) is 7.24. The number of benzene rings is 1. The van der Waals surface area contributed by atoms with E-state index in [2.05, 4.69) is 10.6 Å². The van der Waals surface area contributed by atoms with Gasteiger partial charge in [0.2, 0.25) is 5.91 Å². The second kappa shape index (κ2) is 6.17. The summed E-state index contributed by atoms with van der Waals surface area (Å²) in [4.78, 5) is 35.2. The van der Waals surface area contributed by atoms with Crippen molar-refractivity contribution in [1.29, 1.82) is 0 Å². The van der Waals surface area contributed by atoms with Crippen molar-refractivity contribution >= 4 is 23.5 Å². The minimum atomic E-state index is -0.920. The molecule has 1 aliphatic rings. The fraction of sp³-hybridized carbons (Fsp3) is 0.438. The van der Waals surface area contributed by atoms with E-state index in [4.69, 9.17) is 0 Å². The van der Waals surface area contributed by atoms with Crippen LogP contribution < -0.4 is 10.6 Å².